The Balaban J connectivity index is 2.09. The summed E-state index contributed by atoms with van der Waals surface area (Å²) in [6.45, 7) is 2.65. The molecule has 0 aliphatic rings. The Labute approximate surface area is 118 Å². The molecule has 0 spiro atoms. The number of likely N-dealkylation sites (N-methyl/N-ethyl adjacent to an activating group) is 1. The highest BCUT2D eigenvalue weighted by Gasteiger charge is 2.09. The minimum Gasteiger partial charge on any atom is -0.382 e. The molecule has 2 rings (SSSR count). The number of rotatable bonds is 5. The van der Waals surface area contributed by atoms with Gasteiger partial charge in [-0.05, 0) is 37.1 Å². The molecule has 0 fully saturated rings. The summed E-state index contributed by atoms with van der Waals surface area (Å²) in [7, 11) is 1.93. The van der Waals surface area contributed by atoms with E-state index in [0.29, 0.717) is 11.6 Å². The van der Waals surface area contributed by atoms with Gasteiger partial charge in [0, 0.05) is 31.7 Å². The van der Waals surface area contributed by atoms with Crippen LogP contribution in [-0.2, 0) is 6.42 Å². The molecule has 6 nitrogen and oxygen atoms in total. The topological polar surface area (TPSA) is 91.8 Å². The van der Waals surface area contributed by atoms with E-state index in [0.717, 1.165) is 18.7 Å². The highest BCUT2D eigenvalue weighted by Crippen LogP contribution is 2.09. The summed E-state index contributed by atoms with van der Waals surface area (Å²) in [5, 5.41) is 7.47. The summed E-state index contributed by atoms with van der Waals surface area (Å²) in [5.74, 6) is 0.545. The molecule has 20 heavy (non-hydrogen) atoms. The Kier molecular flexibility index (Phi) is 4.24. The van der Waals surface area contributed by atoms with Crippen LogP contribution in [0.3, 0.4) is 0 Å². The maximum absolute atomic E-state index is 7.47. The lowest BCUT2D eigenvalue weighted by Gasteiger charge is -2.18. The number of nitrogens with one attached hydrogen (secondary N) is 1. The summed E-state index contributed by atoms with van der Waals surface area (Å²) in [4.78, 5) is 14.6. The summed E-state index contributed by atoms with van der Waals surface area (Å²) in [6.07, 6.45) is 4.45. The van der Waals surface area contributed by atoms with Gasteiger partial charge in [0.25, 0.3) is 0 Å². The molecule has 0 aliphatic heterocycles. The van der Waals surface area contributed by atoms with Crippen LogP contribution in [0.25, 0.3) is 0 Å². The molecule has 0 unspecified atom stereocenters. The molecule has 2 aromatic rings. The molecule has 6 heteroatoms. The first kappa shape index (κ1) is 13.9. The van der Waals surface area contributed by atoms with Crippen molar-refractivity contribution in [3.8, 4) is 0 Å². The molecule has 3 N–H and O–H groups in total. The summed E-state index contributed by atoms with van der Waals surface area (Å²) >= 11 is 0. The van der Waals surface area contributed by atoms with Gasteiger partial charge < -0.3 is 10.6 Å². The van der Waals surface area contributed by atoms with Crippen LogP contribution in [0.1, 0.15) is 17.0 Å². The van der Waals surface area contributed by atoms with Crippen molar-refractivity contribution < 1.29 is 0 Å². The van der Waals surface area contributed by atoms with Gasteiger partial charge in [-0.2, -0.15) is 0 Å². The third kappa shape index (κ3) is 3.50. The van der Waals surface area contributed by atoms with Crippen LogP contribution in [0, 0.1) is 12.3 Å². The highest BCUT2D eigenvalue weighted by atomic mass is 15.2. The van der Waals surface area contributed by atoms with Crippen molar-refractivity contribution in [2.75, 3.05) is 18.5 Å². The van der Waals surface area contributed by atoms with E-state index in [4.69, 9.17) is 11.1 Å². The molecule has 0 aromatic carbocycles. The number of hydrogen-bond acceptors (Lipinski definition) is 5. The molecule has 104 valence electrons. The fourth-order valence-electron chi connectivity index (χ4n) is 1.81. The third-order valence-corrected chi connectivity index (χ3v) is 2.95. The Bertz CT molecular complexity index is 596. The van der Waals surface area contributed by atoms with Crippen LogP contribution in [0.5, 0.6) is 0 Å². The Hall–Kier alpha value is -2.50. The van der Waals surface area contributed by atoms with Crippen molar-refractivity contribution in [1.29, 1.82) is 5.41 Å². The van der Waals surface area contributed by atoms with Crippen LogP contribution < -0.4 is 10.6 Å². The van der Waals surface area contributed by atoms with Crippen molar-refractivity contribution >= 4 is 11.8 Å². The minimum atomic E-state index is -0.0423. The smallest absolute Gasteiger partial charge is 0.225 e. The number of pyridine rings is 1. The van der Waals surface area contributed by atoms with Gasteiger partial charge in [0.15, 0.2) is 0 Å². The molecule has 0 aliphatic carbocycles. The second-order valence-electron chi connectivity index (χ2n) is 4.64. The van der Waals surface area contributed by atoms with Gasteiger partial charge in [0.1, 0.15) is 11.5 Å². The second-order valence-corrected chi connectivity index (χ2v) is 4.64. The number of hydrogen-bond donors (Lipinski definition) is 2. The fourth-order valence-corrected chi connectivity index (χ4v) is 1.81. The monoisotopic (exact) mass is 270 g/mol. The number of amidine groups is 1. The predicted molar refractivity (Wildman–Crippen MR) is 79.0 cm³/mol. The molecule has 0 amide bonds. The van der Waals surface area contributed by atoms with E-state index in [1.807, 2.05) is 31.0 Å². The SMILES string of the molecule is Cc1cc(C(=N)N)nc(N(C)CCc2ccncc2)n1. The predicted octanol–water partition coefficient (Wildman–Crippen LogP) is 1.14. The molecular formula is C14H18N6. The molecule has 2 aromatic heterocycles. The molecule has 0 radical (unpaired) electrons. The molecular weight excluding hydrogens is 252 g/mol. The second kappa shape index (κ2) is 6.10. The largest absolute Gasteiger partial charge is 0.382 e. The van der Waals surface area contributed by atoms with Gasteiger partial charge in [0.05, 0.1) is 0 Å². The number of anilines is 1. The van der Waals surface area contributed by atoms with E-state index in [2.05, 4.69) is 15.0 Å². The van der Waals surface area contributed by atoms with Gasteiger partial charge in [-0.3, -0.25) is 10.4 Å². The lowest BCUT2D eigenvalue weighted by atomic mass is 10.2. The summed E-state index contributed by atoms with van der Waals surface area (Å²) in [6, 6.07) is 5.69. The third-order valence-electron chi connectivity index (χ3n) is 2.95. The van der Waals surface area contributed by atoms with Crippen LogP contribution in [0.2, 0.25) is 0 Å². The molecule has 0 atom stereocenters. The van der Waals surface area contributed by atoms with Crippen molar-refractivity contribution in [1.82, 2.24) is 15.0 Å². The van der Waals surface area contributed by atoms with Crippen LogP contribution in [0.4, 0.5) is 5.95 Å². The van der Waals surface area contributed by atoms with Crippen LogP contribution >= 0.6 is 0 Å². The number of nitrogen functional groups attached to an aromatic ring is 1. The van der Waals surface area contributed by atoms with E-state index in [1.165, 1.54) is 5.56 Å². The first-order valence-electron chi connectivity index (χ1n) is 6.36. The van der Waals surface area contributed by atoms with Gasteiger partial charge in [-0.1, -0.05) is 0 Å². The summed E-state index contributed by atoms with van der Waals surface area (Å²) < 4.78 is 0. The molecule has 0 saturated heterocycles. The van der Waals surface area contributed by atoms with Crippen molar-refractivity contribution in [3.05, 3.63) is 47.5 Å². The van der Waals surface area contributed by atoms with Crippen molar-refractivity contribution in [2.24, 2.45) is 5.73 Å². The van der Waals surface area contributed by atoms with E-state index in [-0.39, 0.29) is 5.84 Å². The Morgan fingerprint density at radius 2 is 2.00 bits per heavy atom. The maximum Gasteiger partial charge on any atom is 0.225 e. The van der Waals surface area contributed by atoms with Crippen molar-refractivity contribution in [2.45, 2.75) is 13.3 Å². The van der Waals surface area contributed by atoms with E-state index in [1.54, 1.807) is 18.5 Å². The Morgan fingerprint density at radius 3 is 2.65 bits per heavy atom. The zero-order valence-corrected chi connectivity index (χ0v) is 11.7. The molecule has 0 bridgehead atoms. The average molecular weight is 270 g/mol. The van der Waals surface area contributed by atoms with E-state index in [9.17, 15) is 0 Å². The average Bonchev–Trinajstić information content (AvgIpc) is 2.45. The minimum absolute atomic E-state index is 0.0423. The first-order chi connectivity index (χ1) is 9.56. The zero-order valence-electron chi connectivity index (χ0n) is 11.7. The number of nitrogens with two attached hydrogens (primary N) is 1. The number of aromatic nitrogens is 3. The first-order valence-corrected chi connectivity index (χ1v) is 6.36. The van der Waals surface area contributed by atoms with Gasteiger partial charge in [0.2, 0.25) is 5.95 Å². The fraction of sp³-hybridized carbons (Fsp3) is 0.286. The van der Waals surface area contributed by atoms with Crippen LogP contribution in [-0.4, -0.2) is 34.4 Å². The van der Waals surface area contributed by atoms with Gasteiger partial charge in [-0.25, -0.2) is 9.97 Å². The number of aryl methyl sites for hydroxylation is 1. The quantitative estimate of drug-likeness (QED) is 0.628. The van der Waals surface area contributed by atoms with E-state index < -0.39 is 0 Å². The van der Waals surface area contributed by atoms with Crippen molar-refractivity contribution in [3.63, 3.8) is 0 Å². The molecule has 0 saturated carbocycles. The van der Waals surface area contributed by atoms with Gasteiger partial charge in [-0.15, -0.1) is 0 Å². The number of nitrogens with zero attached hydrogens (tertiary/aromatic N) is 4. The highest BCUT2D eigenvalue weighted by molar-refractivity contribution is 5.93. The van der Waals surface area contributed by atoms with Gasteiger partial charge >= 0.3 is 0 Å². The standard InChI is InChI=1S/C14H18N6/c1-10-9-12(13(15)16)19-14(18-10)20(2)8-5-11-3-6-17-7-4-11/h3-4,6-7,9H,5,8H2,1-2H3,(H3,15,16). The molecule has 2 heterocycles. The van der Waals surface area contributed by atoms with Crippen LogP contribution in [0.15, 0.2) is 30.6 Å². The van der Waals surface area contributed by atoms with E-state index >= 15 is 0 Å². The zero-order chi connectivity index (χ0) is 14.5. The lowest BCUT2D eigenvalue weighted by Crippen LogP contribution is -2.24. The normalized spacial score (nSPS) is 10.3. The maximum atomic E-state index is 7.47. The Morgan fingerprint density at radius 1 is 1.30 bits per heavy atom. The summed E-state index contributed by atoms with van der Waals surface area (Å²) in [5.41, 5.74) is 7.96. The lowest BCUT2D eigenvalue weighted by molar-refractivity contribution is 0.830.